The van der Waals surface area contributed by atoms with Gasteiger partial charge in [-0.25, -0.2) is 8.42 Å². The molecule has 3 N–H and O–H groups in total. The van der Waals surface area contributed by atoms with Crippen LogP contribution in [0.25, 0.3) is 0 Å². The molecule has 0 saturated heterocycles. The first-order chi connectivity index (χ1) is 9.84. The number of hydrogen-bond acceptors (Lipinski definition) is 5. The number of sulfonamides is 1. The largest absolute Gasteiger partial charge is 0.395 e. The third-order valence-corrected chi connectivity index (χ3v) is 4.99. The van der Waals surface area contributed by atoms with E-state index >= 15 is 0 Å². The third-order valence-electron chi connectivity index (χ3n) is 2.92. The maximum absolute atomic E-state index is 12.7. The van der Waals surface area contributed by atoms with Gasteiger partial charge in [-0.2, -0.15) is 9.40 Å². The van der Waals surface area contributed by atoms with Crippen molar-refractivity contribution in [1.82, 2.24) is 19.8 Å². The number of rotatable bonds is 9. The normalized spacial score (nSPS) is 12.3. The molecule has 1 aromatic rings. The Morgan fingerprint density at radius 3 is 2.71 bits per heavy atom. The van der Waals surface area contributed by atoms with Crippen LogP contribution in [-0.4, -0.2) is 53.8 Å². The minimum absolute atomic E-state index is 0.0238. The fourth-order valence-corrected chi connectivity index (χ4v) is 3.66. The number of H-pyrrole nitrogens is 1. The molecule has 1 rings (SSSR count). The second kappa shape index (κ2) is 7.69. The van der Waals surface area contributed by atoms with Crippen molar-refractivity contribution >= 4 is 10.0 Å². The molecule has 0 fully saturated rings. The Morgan fingerprint density at radius 1 is 1.52 bits per heavy atom. The van der Waals surface area contributed by atoms with Crippen molar-refractivity contribution in [1.29, 1.82) is 0 Å². The summed E-state index contributed by atoms with van der Waals surface area (Å²) in [4.78, 5) is 0.172. The van der Waals surface area contributed by atoms with Gasteiger partial charge in [0.25, 0.3) is 0 Å². The summed E-state index contributed by atoms with van der Waals surface area (Å²) in [6, 6.07) is 0.222. The van der Waals surface area contributed by atoms with Gasteiger partial charge in [0, 0.05) is 25.7 Å². The Kier molecular flexibility index (Phi) is 6.53. The maximum atomic E-state index is 12.7. The highest BCUT2D eigenvalue weighted by Gasteiger charge is 2.29. The number of aryl methyl sites for hydroxylation is 1. The van der Waals surface area contributed by atoms with Gasteiger partial charge >= 0.3 is 0 Å². The fourth-order valence-electron chi connectivity index (χ4n) is 1.93. The molecule has 1 heterocycles. The number of nitrogens with one attached hydrogen (secondary N) is 2. The maximum Gasteiger partial charge on any atom is 0.247 e. The number of aliphatic hydroxyl groups excluding tert-OH is 1. The number of aliphatic hydroxyl groups is 1. The van der Waals surface area contributed by atoms with E-state index < -0.39 is 10.0 Å². The fraction of sp³-hybridized carbons (Fsp3) is 0.615. The van der Waals surface area contributed by atoms with E-state index in [2.05, 4.69) is 22.1 Å². The molecule has 0 saturated carbocycles. The van der Waals surface area contributed by atoms with E-state index in [9.17, 15) is 8.42 Å². The van der Waals surface area contributed by atoms with Crippen molar-refractivity contribution in [2.24, 2.45) is 0 Å². The summed E-state index contributed by atoms with van der Waals surface area (Å²) in [5, 5.41) is 19.0. The Bertz CT molecular complexity index is 566. The van der Waals surface area contributed by atoms with Gasteiger partial charge in [-0.05, 0) is 6.92 Å². The van der Waals surface area contributed by atoms with Crippen LogP contribution in [-0.2, 0) is 16.6 Å². The van der Waals surface area contributed by atoms with Gasteiger partial charge in [0.15, 0.2) is 0 Å². The Labute approximate surface area is 126 Å². The zero-order valence-corrected chi connectivity index (χ0v) is 13.6. The summed E-state index contributed by atoms with van der Waals surface area (Å²) >= 11 is 0. The molecule has 120 valence electrons. The average molecular weight is 316 g/mol. The van der Waals surface area contributed by atoms with E-state index in [1.54, 1.807) is 6.92 Å². The number of aromatic amines is 1. The monoisotopic (exact) mass is 316 g/mol. The Balaban J connectivity index is 3.16. The summed E-state index contributed by atoms with van der Waals surface area (Å²) in [5.41, 5.74) is 0.941. The van der Waals surface area contributed by atoms with Crippen LogP contribution in [0.5, 0.6) is 0 Å². The Hall–Kier alpha value is -1.22. The first-order valence-electron chi connectivity index (χ1n) is 6.83. The van der Waals surface area contributed by atoms with E-state index in [1.165, 1.54) is 10.4 Å². The van der Waals surface area contributed by atoms with E-state index in [0.29, 0.717) is 17.9 Å². The van der Waals surface area contributed by atoms with Crippen LogP contribution in [0.15, 0.2) is 17.6 Å². The first-order valence-corrected chi connectivity index (χ1v) is 8.27. The van der Waals surface area contributed by atoms with Gasteiger partial charge in [-0.15, -0.1) is 6.58 Å². The highest BCUT2D eigenvalue weighted by molar-refractivity contribution is 7.89. The van der Waals surface area contributed by atoms with Crippen molar-refractivity contribution in [3.05, 3.63) is 24.0 Å². The van der Waals surface area contributed by atoms with Crippen LogP contribution in [0.3, 0.4) is 0 Å². The van der Waals surface area contributed by atoms with Crippen molar-refractivity contribution in [3.8, 4) is 0 Å². The topological polar surface area (TPSA) is 98.3 Å². The standard InChI is InChI=1S/C13H24N4O3S/c1-5-6-17(7-8-18)21(19,20)13-11(4)15-16-12(13)9-14-10(2)3/h5,10,14,18H,1,6-9H2,2-4H3,(H,15,16). The molecule has 0 unspecified atom stereocenters. The minimum atomic E-state index is -3.72. The molecule has 0 spiro atoms. The van der Waals surface area contributed by atoms with E-state index in [4.69, 9.17) is 5.11 Å². The Morgan fingerprint density at radius 2 is 2.19 bits per heavy atom. The van der Waals surface area contributed by atoms with Crippen LogP contribution in [0.4, 0.5) is 0 Å². The summed E-state index contributed by atoms with van der Waals surface area (Å²) in [6.07, 6.45) is 1.49. The van der Waals surface area contributed by atoms with Gasteiger partial charge in [-0.1, -0.05) is 19.9 Å². The van der Waals surface area contributed by atoms with Crippen molar-refractivity contribution in [2.75, 3.05) is 19.7 Å². The van der Waals surface area contributed by atoms with Gasteiger partial charge in [0.1, 0.15) is 4.90 Å². The zero-order chi connectivity index (χ0) is 16.0. The molecule has 0 bridgehead atoms. The molecule has 0 aromatic carbocycles. The van der Waals surface area contributed by atoms with Crippen LogP contribution >= 0.6 is 0 Å². The molecule has 0 atom stereocenters. The highest BCUT2D eigenvalue weighted by atomic mass is 32.2. The molecule has 0 radical (unpaired) electrons. The predicted molar refractivity (Wildman–Crippen MR) is 81.3 cm³/mol. The van der Waals surface area contributed by atoms with Gasteiger partial charge < -0.3 is 10.4 Å². The van der Waals surface area contributed by atoms with E-state index in [0.717, 1.165) is 0 Å². The molecule has 21 heavy (non-hydrogen) atoms. The average Bonchev–Trinajstić information content (AvgIpc) is 2.78. The van der Waals surface area contributed by atoms with Crippen LogP contribution in [0, 0.1) is 6.92 Å². The van der Waals surface area contributed by atoms with Gasteiger partial charge in [0.2, 0.25) is 10.0 Å². The van der Waals surface area contributed by atoms with Crippen molar-refractivity contribution in [2.45, 2.75) is 38.3 Å². The lowest BCUT2D eigenvalue weighted by Crippen LogP contribution is -2.35. The van der Waals surface area contributed by atoms with Gasteiger partial charge in [0.05, 0.1) is 18.0 Å². The van der Waals surface area contributed by atoms with Crippen molar-refractivity contribution < 1.29 is 13.5 Å². The second-order valence-corrected chi connectivity index (χ2v) is 6.91. The van der Waals surface area contributed by atoms with Crippen LogP contribution in [0.1, 0.15) is 25.2 Å². The molecule has 1 aromatic heterocycles. The molecule has 8 heteroatoms. The lowest BCUT2D eigenvalue weighted by molar-refractivity contribution is 0.260. The highest BCUT2D eigenvalue weighted by Crippen LogP contribution is 2.22. The smallest absolute Gasteiger partial charge is 0.247 e. The molecule has 0 aliphatic carbocycles. The van der Waals surface area contributed by atoms with E-state index in [1.807, 2.05) is 13.8 Å². The molecule has 0 amide bonds. The number of hydrogen-bond donors (Lipinski definition) is 3. The van der Waals surface area contributed by atoms with E-state index in [-0.39, 0.29) is 30.6 Å². The van der Waals surface area contributed by atoms with Crippen LogP contribution < -0.4 is 5.32 Å². The lowest BCUT2D eigenvalue weighted by Gasteiger charge is -2.20. The number of nitrogens with zero attached hydrogens (tertiary/aromatic N) is 2. The lowest BCUT2D eigenvalue weighted by atomic mass is 10.3. The van der Waals surface area contributed by atoms with Gasteiger partial charge in [-0.3, -0.25) is 5.10 Å². The van der Waals surface area contributed by atoms with Crippen LogP contribution in [0.2, 0.25) is 0 Å². The SMILES string of the molecule is C=CCN(CCO)S(=O)(=O)c1c(CNC(C)C)n[nH]c1C. The molecular weight excluding hydrogens is 292 g/mol. The summed E-state index contributed by atoms with van der Waals surface area (Å²) < 4.78 is 26.7. The molecule has 7 nitrogen and oxygen atoms in total. The third kappa shape index (κ3) is 4.37. The molecule has 0 aliphatic rings. The summed E-state index contributed by atoms with van der Waals surface area (Å²) in [6.45, 7) is 9.46. The first kappa shape index (κ1) is 17.8. The second-order valence-electron chi connectivity index (χ2n) is 5.04. The molecule has 0 aliphatic heterocycles. The van der Waals surface area contributed by atoms with Crippen molar-refractivity contribution in [3.63, 3.8) is 0 Å². The zero-order valence-electron chi connectivity index (χ0n) is 12.8. The minimum Gasteiger partial charge on any atom is -0.395 e. The number of aromatic nitrogens is 2. The molecular formula is C13H24N4O3S. The summed E-state index contributed by atoms with van der Waals surface area (Å²) in [7, 11) is -3.72. The quantitative estimate of drug-likeness (QED) is 0.572. The predicted octanol–water partition coefficient (Wildman–Crippen LogP) is 0.385. The summed E-state index contributed by atoms with van der Waals surface area (Å²) in [5.74, 6) is 0.